The van der Waals surface area contributed by atoms with Crippen molar-refractivity contribution in [1.82, 2.24) is 0 Å². The summed E-state index contributed by atoms with van der Waals surface area (Å²) in [5.41, 5.74) is 0. The number of quaternary nitrogens is 1. The highest BCUT2D eigenvalue weighted by Gasteiger charge is 2.21. The van der Waals surface area contributed by atoms with E-state index in [0.717, 1.165) is 23.9 Å². The summed E-state index contributed by atoms with van der Waals surface area (Å²) >= 11 is 0. The number of unbranched alkanes of at least 4 members (excludes halogenated alkanes) is 9. The van der Waals surface area contributed by atoms with Gasteiger partial charge in [0.25, 0.3) is 0 Å². The normalized spacial score (nSPS) is 15.9. The van der Waals surface area contributed by atoms with Crippen LogP contribution >= 0.6 is 7.60 Å². The Kier molecular flexibility index (Phi) is 14.3. The maximum Gasteiger partial charge on any atom is 0.328 e. The summed E-state index contributed by atoms with van der Waals surface area (Å²) < 4.78 is 24.3. The Labute approximate surface area is 157 Å². The minimum atomic E-state index is -2.92. The molecule has 0 aliphatic carbocycles. The summed E-state index contributed by atoms with van der Waals surface area (Å²) in [6.07, 6.45) is 14.3. The van der Waals surface area contributed by atoms with Gasteiger partial charge in [-0.25, -0.2) is 0 Å². The second kappa shape index (κ2) is 14.2. The predicted molar refractivity (Wildman–Crippen MR) is 109 cm³/mol. The molecule has 2 unspecified atom stereocenters. The van der Waals surface area contributed by atoms with Crippen molar-refractivity contribution < 1.29 is 18.1 Å². The average molecular weight is 379 g/mol. The SMILES string of the molecule is CCCCCCCCCCCCC(C)OP(C)(=O)OCC[N+](C)(C)C. The van der Waals surface area contributed by atoms with Gasteiger partial charge in [0.1, 0.15) is 13.2 Å². The summed E-state index contributed by atoms with van der Waals surface area (Å²) in [5.74, 6) is 0. The van der Waals surface area contributed by atoms with Crippen molar-refractivity contribution >= 4 is 7.60 Å². The minimum Gasteiger partial charge on any atom is -0.329 e. The molecule has 0 heterocycles. The lowest BCUT2D eigenvalue weighted by Gasteiger charge is -2.25. The number of nitrogens with zero attached hydrogens (tertiary/aromatic N) is 1. The van der Waals surface area contributed by atoms with Crippen molar-refractivity contribution in [2.45, 2.75) is 90.6 Å². The first-order valence-electron chi connectivity index (χ1n) is 10.4. The van der Waals surface area contributed by atoms with E-state index in [9.17, 15) is 4.57 Å². The fraction of sp³-hybridized carbons (Fsp3) is 1.00. The van der Waals surface area contributed by atoms with E-state index in [1.54, 1.807) is 6.66 Å². The smallest absolute Gasteiger partial charge is 0.328 e. The van der Waals surface area contributed by atoms with Crippen molar-refractivity contribution in [2.75, 3.05) is 41.0 Å². The molecule has 0 amide bonds. The second-order valence-corrected chi connectivity index (χ2v) is 10.5. The van der Waals surface area contributed by atoms with Gasteiger partial charge in [-0.3, -0.25) is 4.57 Å². The zero-order valence-electron chi connectivity index (χ0n) is 17.9. The molecule has 0 N–H and O–H groups in total. The van der Waals surface area contributed by atoms with E-state index < -0.39 is 7.60 Å². The highest BCUT2D eigenvalue weighted by molar-refractivity contribution is 7.53. The maximum absolute atomic E-state index is 12.3. The molecule has 0 aliphatic rings. The Balaban J connectivity index is 3.59. The molecule has 2 atom stereocenters. The molecule has 152 valence electrons. The van der Waals surface area contributed by atoms with E-state index in [0.29, 0.717) is 6.61 Å². The summed E-state index contributed by atoms with van der Waals surface area (Å²) in [4.78, 5) is 0. The highest BCUT2D eigenvalue weighted by atomic mass is 31.2. The fourth-order valence-corrected chi connectivity index (χ4v) is 4.04. The Morgan fingerprint density at radius 2 is 1.36 bits per heavy atom. The van der Waals surface area contributed by atoms with Crippen LogP contribution in [0.25, 0.3) is 0 Å². The zero-order valence-corrected chi connectivity index (χ0v) is 18.8. The molecule has 0 rings (SSSR count). The van der Waals surface area contributed by atoms with E-state index in [2.05, 4.69) is 28.1 Å². The van der Waals surface area contributed by atoms with Crippen LogP contribution in [0.15, 0.2) is 0 Å². The molecule has 0 saturated heterocycles. The average Bonchev–Trinajstić information content (AvgIpc) is 2.47. The monoisotopic (exact) mass is 378 g/mol. The number of hydrogen-bond acceptors (Lipinski definition) is 3. The number of hydrogen-bond donors (Lipinski definition) is 0. The van der Waals surface area contributed by atoms with Gasteiger partial charge in [-0.2, -0.15) is 0 Å². The Hall–Kier alpha value is 0.110. The molecule has 0 aromatic heterocycles. The lowest BCUT2D eigenvalue weighted by molar-refractivity contribution is -0.870. The van der Waals surface area contributed by atoms with Crippen LogP contribution in [0.2, 0.25) is 0 Å². The molecule has 0 fully saturated rings. The van der Waals surface area contributed by atoms with Gasteiger partial charge in [0, 0.05) is 6.66 Å². The van der Waals surface area contributed by atoms with Gasteiger partial charge in [0.05, 0.1) is 27.2 Å². The topological polar surface area (TPSA) is 35.5 Å². The Bertz CT molecular complexity index is 355. The van der Waals surface area contributed by atoms with Crippen molar-refractivity contribution in [2.24, 2.45) is 0 Å². The van der Waals surface area contributed by atoms with Crippen molar-refractivity contribution in [3.05, 3.63) is 0 Å². The number of likely N-dealkylation sites (N-methyl/N-ethyl adjacent to an activating group) is 1. The van der Waals surface area contributed by atoms with Gasteiger partial charge in [0.15, 0.2) is 0 Å². The van der Waals surface area contributed by atoms with E-state index in [1.807, 2.05) is 6.92 Å². The molecule has 25 heavy (non-hydrogen) atoms. The van der Waals surface area contributed by atoms with E-state index >= 15 is 0 Å². The van der Waals surface area contributed by atoms with Crippen LogP contribution in [0, 0.1) is 0 Å². The Morgan fingerprint density at radius 3 is 1.84 bits per heavy atom. The van der Waals surface area contributed by atoms with Crippen LogP contribution in [0.5, 0.6) is 0 Å². The lowest BCUT2D eigenvalue weighted by Crippen LogP contribution is -2.37. The first kappa shape index (κ1) is 25.1. The largest absolute Gasteiger partial charge is 0.329 e. The van der Waals surface area contributed by atoms with Crippen molar-refractivity contribution in [3.63, 3.8) is 0 Å². The van der Waals surface area contributed by atoms with Gasteiger partial charge in [0.2, 0.25) is 0 Å². The zero-order chi connectivity index (χ0) is 19.2. The van der Waals surface area contributed by atoms with E-state index in [4.69, 9.17) is 9.05 Å². The molecule has 5 heteroatoms. The van der Waals surface area contributed by atoms with E-state index in [1.165, 1.54) is 57.8 Å². The third kappa shape index (κ3) is 18.7. The van der Waals surface area contributed by atoms with Gasteiger partial charge < -0.3 is 13.5 Å². The molecule has 0 aliphatic heterocycles. The van der Waals surface area contributed by atoms with Gasteiger partial charge in [-0.15, -0.1) is 0 Å². The molecule has 0 radical (unpaired) electrons. The molecule has 0 bridgehead atoms. The van der Waals surface area contributed by atoms with Gasteiger partial charge in [-0.05, 0) is 13.3 Å². The van der Waals surface area contributed by atoms with Crippen LogP contribution in [0.1, 0.15) is 84.5 Å². The molecule has 0 spiro atoms. The molecule has 4 nitrogen and oxygen atoms in total. The van der Waals surface area contributed by atoms with Crippen molar-refractivity contribution in [3.8, 4) is 0 Å². The second-order valence-electron chi connectivity index (χ2n) is 8.51. The maximum atomic E-state index is 12.3. The molecule has 0 saturated carbocycles. The molecule has 0 aromatic carbocycles. The van der Waals surface area contributed by atoms with Crippen LogP contribution in [-0.2, 0) is 13.6 Å². The molecular weight excluding hydrogens is 333 g/mol. The van der Waals surface area contributed by atoms with Crippen molar-refractivity contribution in [1.29, 1.82) is 0 Å². The van der Waals surface area contributed by atoms with Gasteiger partial charge >= 0.3 is 7.60 Å². The first-order chi connectivity index (χ1) is 11.7. The summed E-state index contributed by atoms with van der Waals surface area (Å²) in [6.45, 7) is 7.17. The standard InChI is InChI=1S/C20H45NO3P/c1-7-8-9-10-11-12-13-14-15-16-17-20(2)24-25(6,22)23-19-18-21(3,4)5/h20H,7-19H2,1-6H3/q+1. The summed E-state index contributed by atoms with van der Waals surface area (Å²) in [7, 11) is 3.36. The highest BCUT2D eigenvalue weighted by Crippen LogP contribution is 2.45. The minimum absolute atomic E-state index is 0.00834. The quantitative estimate of drug-likeness (QED) is 0.170. The third-order valence-corrected chi connectivity index (χ3v) is 5.82. The molecule has 0 aromatic rings. The van der Waals surface area contributed by atoms with Crippen LogP contribution in [0.3, 0.4) is 0 Å². The van der Waals surface area contributed by atoms with E-state index in [-0.39, 0.29) is 6.10 Å². The predicted octanol–water partition coefficient (Wildman–Crippen LogP) is 6.25. The Morgan fingerprint density at radius 1 is 0.880 bits per heavy atom. The third-order valence-electron chi connectivity index (χ3n) is 4.42. The van der Waals surface area contributed by atoms with Gasteiger partial charge in [-0.1, -0.05) is 71.1 Å². The van der Waals surface area contributed by atoms with Crippen LogP contribution < -0.4 is 0 Å². The first-order valence-corrected chi connectivity index (χ1v) is 12.4. The summed E-state index contributed by atoms with van der Waals surface area (Å²) in [5, 5.41) is 0. The molecular formula is C20H45NO3P+. The fourth-order valence-electron chi connectivity index (χ4n) is 2.81. The van der Waals surface area contributed by atoms with Crippen LogP contribution in [-0.4, -0.2) is 51.5 Å². The van der Waals surface area contributed by atoms with Crippen LogP contribution in [0.4, 0.5) is 0 Å². The number of rotatable bonds is 17. The lowest BCUT2D eigenvalue weighted by atomic mass is 10.1. The summed E-state index contributed by atoms with van der Waals surface area (Å²) in [6, 6.07) is 0.